The van der Waals surface area contributed by atoms with E-state index in [9.17, 15) is 0 Å². The van der Waals surface area contributed by atoms with Crippen LogP contribution < -0.4 is 0 Å². The highest BCUT2D eigenvalue weighted by molar-refractivity contribution is 5.86. The Morgan fingerprint density at radius 2 is 1.44 bits per heavy atom. The molecule has 3 nitrogen and oxygen atoms in total. The van der Waals surface area contributed by atoms with Gasteiger partial charge >= 0.3 is 0 Å². The van der Waals surface area contributed by atoms with Gasteiger partial charge in [0.2, 0.25) is 0 Å². The highest BCUT2D eigenvalue weighted by Gasteiger charge is 2.01. The molecule has 1 aromatic heterocycles. The molecular weight excluding hydrogens is 200 g/mol. The number of fused-ring (bicyclic) bond motifs is 2. The van der Waals surface area contributed by atoms with Crippen LogP contribution in [-0.4, -0.2) is 15.1 Å². The van der Waals surface area contributed by atoms with Gasteiger partial charge in [-0.3, -0.25) is 0 Å². The largest absolute Gasteiger partial charge is 0.392 e. The lowest BCUT2D eigenvalue weighted by Crippen LogP contribution is -1.89. The fourth-order valence-corrected chi connectivity index (χ4v) is 1.76. The molecule has 0 radical (unpaired) electrons. The molecule has 78 valence electrons. The molecule has 3 rings (SSSR count). The zero-order valence-corrected chi connectivity index (χ0v) is 8.59. The summed E-state index contributed by atoms with van der Waals surface area (Å²) < 4.78 is 0. The molecule has 0 aliphatic rings. The third-order valence-electron chi connectivity index (χ3n) is 2.59. The number of hydrogen-bond acceptors (Lipinski definition) is 3. The molecule has 3 heteroatoms. The minimum absolute atomic E-state index is 0.0322. The third-order valence-corrected chi connectivity index (χ3v) is 2.59. The predicted molar refractivity (Wildman–Crippen MR) is 63.0 cm³/mol. The summed E-state index contributed by atoms with van der Waals surface area (Å²) in [7, 11) is 0. The summed E-state index contributed by atoms with van der Waals surface area (Å²) in [5.41, 5.74) is 4.31. The van der Waals surface area contributed by atoms with Crippen molar-refractivity contribution in [3.8, 4) is 0 Å². The lowest BCUT2D eigenvalue weighted by Gasteiger charge is -2.02. The summed E-state index contributed by atoms with van der Waals surface area (Å²) in [5.74, 6) is 0. The molecule has 0 aliphatic heterocycles. The van der Waals surface area contributed by atoms with Crippen molar-refractivity contribution < 1.29 is 5.11 Å². The molecule has 1 N–H and O–H groups in total. The number of benzene rings is 2. The maximum Gasteiger partial charge on any atom is 0.0898 e. The van der Waals surface area contributed by atoms with Crippen molar-refractivity contribution in [1.29, 1.82) is 0 Å². The van der Waals surface area contributed by atoms with E-state index < -0.39 is 0 Å². The minimum Gasteiger partial charge on any atom is -0.392 e. The molecule has 0 amide bonds. The van der Waals surface area contributed by atoms with Crippen molar-refractivity contribution in [2.75, 3.05) is 0 Å². The maximum atomic E-state index is 9.06. The van der Waals surface area contributed by atoms with Gasteiger partial charge in [-0.05, 0) is 29.8 Å². The summed E-state index contributed by atoms with van der Waals surface area (Å²) in [6, 6.07) is 13.4. The smallest absolute Gasteiger partial charge is 0.0898 e. The van der Waals surface area contributed by atoms with Gasteiger partial charge < -0.3 is 5.11 Å². The summed E-state index contributed by atoms with van der Waals surface area (Å²) in [6.07, 6.45) is 0. The van der Waals surface area contributed by atoms with Crippen LogP contribution in [0.2, 0.25) is 0 Å². The molecule has 3 aromatic rings. The van der Waals surface area contributed by atoms with Crippen molar-refractivity contribution >= 4 is 22.1 Å². The molecular formula is C13H10N2O. The van der Waals surface area contributed by atoms with Crippen molar-refractivity contribution in [3.05, 3.63) is 48.0 Å². The van der Waals surface area contributed by atoms with E-state index in [1.807, 2.05) is 42.5 Å². The number of rotatable bonds is 1. The minimum atomic E-state index is 0.0322. The van der Waals surface area contributed by atoms with Gasteiger partial charge in [0.15, 0.2) is 0 Å². The first-order valence-corrected chi connectivity index (χ1v) is 5.13. The average molecular weight is 210 g/mol. The van der Waals surface area contributed by atoms with Crippen molar-refractivity contribution in [2.24, 2.45) is 0 Å². The summed E-state index contributed by atoms with van der Waals surface area (Å²) >= 11 is 0. The van der Waals surface area contributed by atoms with Gasteiger partial charge in [-0.2, -0.15) is 0 Å². The standard InChI is InChI=1S/C13H10N2O/c16-8-9-5-6-12-13(7-9)15-11-4-2-1-3-10(11)14-12/h1-7,16H,8H2. The Morgan fingerprint density at radius 3 is 2.12 bits per heavy atom. The Bertz CT molecular complexity index is 664. The highest BCUT2D eigenvalue weighted by Crippen LogP contribution is 2.17. The number of aliphatic hydroxyl groups is 1. The molecule has 0 fully saturated rings. The maximum absolute atomic E-state index is 9.06. The Kier molecular flexibility index (Phi) is 2.04. The van der Waals surface area contributed by atoms with Crippen molar-refractivity contribution in [3.63, 3.8) is 0 Å². The fourth-order valence-electron chi connectivity index (χ4n) is 1.76. The summed E-state index contributed by atoms with van der Waals surface area (Å²) in [6.45, 7) is 0.0322. The number of hydrogen-bond donors (Lipinski definition) is 1. The van der Waals surface area contributed by atoms with E-state index in [4.69, 9.17) is 5.11 Å². The zero-order chi connectivity index (χ0) is 11.0. The second kappa shape index (κ2) is 3.54. The number of aromatic nitrogens is 2. The monoisotopic (exact) mass is 210 g/mol. The van der Waals surface area contributed by atoms with Crippen LogP contribution in [0.15, 0.2) is 42.5 Å². The highest BCUT2D eigenvalue weighted by atomic mass is 16.3. The van der Waals surface area contributed by atoms with Crippen LogP contribution in [0.1, 0.15) is 5.56 Å². The summed E-state index contributed by atoms with van der Waals surface area (Å²) in [5, 5.41) is 9.06. The van der Waals surface area contributed by atoms with Gasteiger partial charge in [0.25, 0.3) is 0 Å². The Morgan fingerprint density at radius 1 is 0.812 bits per heavy atom. The molecule has 0 atom stereocenters. The van der Waals surface area contributed by atoms with Crippen LogP contribution >= 0.6 is 0 Å². The average Bonchev–Trinajstić information content (AvgIpc) is 2.35. The first-order chi connectivity index (χ1) is 7.86. The lowest BCUT2D eigenvalue weighted by atomic mass is 10.2. The first kappa shape index (κ1) is 9.24. The Balaban J connectivity index is 2.37. The van der Waals surface area contributed by atoms with Crippen LogP contribution in [0, 0.1) is 0 Å². The third kappa shape index (κ3) is 1.42. The molecule has 0 bridgehead atoms. The van der Waals surface area contributed by atoms with E-state index in [0.29, 0.717) is 0 Å². The lowest BCUT2D eigenvalue weighted by molar-refractivity contribution is 0.282. The number of para-hydroxylation sites is 2. The number of nitrogens with zero attached hydrogens (tertiary/aromatic N) is 2. The molecule has 0 saturated heterocycles. The van der Waals surface area contributed by atoms with Gasteiger partial charge in [-0.25, -0.2) is 9.97 Å². The quantitative estimate of drug-likeness (QED) is 0.627. The van der Waals surface area contributed by atoms with Gasteiger partial charge in [0.05, 0.1) is 28.7 Å². The van der Waals surface area contributed by atoms with Crippen LogP contribution in [0.4, 0.5) is 0 Å². The molecule has 2 aromatic carbocycles. The number of aliphatic hydroxyl groups excluding tert-OH is 1. The molecule has 0 aliphatic carbocycles. The second-order valence-corrected chi connectivity index (χ2v) is 3.69. The van der Waals surface area contributed by atoms with Crippen molar-refractivity contribution in [2.45, 2.75) is 6.61 Å². The molecule has 0 unspecified atom stereocenters. The van der Waals surface area contributed by atoms with E-state index in [-0.39, 0.29) is 6.61 Å². The second-order valence-electron chi connectivity index (χ2n) is 3.69. The summed E-state index contributed by atoms with van der Waals surface area (Å²) in [4.78, 5) is 9.02. The zero-order valence-electron chi connectivity index (χ0n) is 8.59. The first-order valence-electron chi connectivity index (χ1n) is 5.13. The fraction of sp³-hybridized carbons (Fsp3) is 0.0769. The van der Waals surface area contributed by atoms with Crippen LogP contribution in [-0.2, 0) is 6.61 Å². The van der Waals surface area contributed by atoms with E-state index in [1.165, 1.54) is 0 Å². The topological polar surface area (TPSA) is 46.0 Å². The Hall–Kier alpha value is -2.00. The van der Waals surface area contributed by atoms with Crippen molar-refractivity contribution in [1.82, 2.24) is 9.97 Å². The predicted octanol–water partition coefficient (Wildman–Crippen LogP) is 2.28. The molecule has 0 spiro atoms. The van der Waals surface area contributed by atoms with Gasteiger partial charge in [0.1, 0.15) is 0 Å². The van der Waals surface area contributed by atoms with Gasteiger partial charge in [-0.1, -0.05) is 18.2 Å². The van der Waals surface area contributed by atoms with E-state index in [0.717, 1.165) is 27.6 Å². The van der Waals surface area contributed by atoms with Gasteiger partial charge in [-0.15, -0.1) is 0 Å². The van der Waals surface area contributed by atoms with Crippen LogP contribution in [0.25, 0.3) is 22.1 Å². The molecule has 16 heavy (non-hydrogen) atoms. The molecule has 0 saturated carbocycles. The van der Waals surface area contributed by atoms with E-state index >= 15 is 0 Å². The molecule has 1 heterocycles. The Labute approximate surface area is 92.4 Å². The normalized spacial score (nSPS) is 11.1. The van der Waals surface area contributed by atoms with Gasteiger partial charge in [0, 0.05) is 0 Å². The SMILES string of the molecule is OCc1ccc2nc3ccccc3nc2c1. The van der Waals surface area contributed by atoms with E-state index in [2.05, 4.69) is 9.97 Å². The van der Waals surface area contributed by atoms with Crippen LogP contribution in [0.3, 0.4) is 0 Å². The van der Waals surface area contributed by atoms with E-state index in [1.54, 1.807) is 0 Å². The van der Waals surface area contributed by atoms with Crippen LogP contribution in [0.5, 0.6) is 0 Å².